The molecule has 7 aromatic rings. The van der Waals surface area contributed by atoms with Crippen LogP contribution in [-0.2, 0) is 19.6 Å². The van der Waals surface area contributed by atoms with Crippen LogP contribution in [0.15, 0.2) is 108 Å². The zero-order valence-corrected chi connectivity index (χ0v) is 26.3. The third-order valence-electron chi connectivity index (χ3n) is 8.10. The molecule has 0 saturated heterocycles. The predicted octanol–water partition coefficient (Wildman–Crippen LogP) is 7.25. The van der Waals surface area contributed by atoms with Crippen LogP contribution in [0.4, 0.5) is 5.69 Å². The van der Waals surface area contributed by atoms with Gasteiger partial charge in [-0.05, 0) is 61.4 Å². The van der Waals surface area contributed by atoms with Crippen molar-refractivity contribution < 1.29 is 0 Å². The largest absolute Gasteiger partial charge is 0.341 e. The molecule has 0 fully saturated rings. The Morgan fingerprint density at radius 1 is 0.587 bits per heavy atom. The molecule has 0 aliphatic carbocycles. The molecule has 0 aliphatic heterocycles. The predicted molar refractivity (Wildman–Crippen MR) is 186 cm³/mol. The SMILES string of the molecule is CC(CN(Cc1nc2ccccc2[nH]1)CC(C)CN(Cc1nc2ccccc2[nH]1)Cc1nc2ccccc2[nH]1)=Nc1ccccc1. The average Bonchev–Trinajstić information content (AvgIpc) is 3.76. The van der Waals surface area contributed by atoms with Crippen LogP contribution in [0.2, 0.25) is 0 Å². The van der Waals surface area contributed by atoms with Gasteiger partial charge in [0.1, 0.15) is 17.5 Å². The maximum atomic E-state index is 4.91. The molecule has 0 bridgehead atoms. The van der Waals surface area contributed by atoms with E-state index >= 15 is 0 Å². The number of aliphatic imine (C=N–C) groups is 1. The van der Waals surface area contributed by atoms with E-state index in [0.717, 1.165) is 81.6 Å². The van der Waals surface area contributed by atoms with Crippen LogP contribution < -0.4 is 0 Å². The highest BCUT2D eigenvalue weighted by atomic mass is 15.2. The van der Waals surface area contributed by atoms with E-state index in [-0.39, 0.29) is 0 Å². The number of nitrogens with zero attached hydrogens (tertiary/aromatic N) is 6. The summed E-state index contributed by atoms with van der Waals surface area (Å²) in [5.74, 6) is 3.20. The van der Waals surface area contributed by atoms with Gasteiger partial charge in [-0.25, -0.2) is 15.0 Å². The zero-order valence-electron chi connectivity index (χ0n) is 26.3. The standard InChI is InChI=1S/C37H39N9/c1-26(20-45(22-27(2)38-28-12-4-3-5-13-28)23-35-39-29-14-6-7-15-30(29)40-35)21-46(24-36-41-31-16-8-9-17-32(31)42-36)25-37-43-33-18-10-11-19-34(33)44-37/h3-19,26H,20-25H2,1-2H3,(H,39,40)(H,41,42)(H,43,44). The van der Waals surface area contributed by atoms with E-state index in [2.05, 4.69) is 75.0 Å². The highest BCUT2D eigenvalue weighted by Gasteiger charge is 2.20. The number of rotatable bonds is 13. The molecular formula is C37H39N9. The zero-order chi connectivity index (χ0) is 31.3. The summed E-state index contributed by atoms with van der Waals surface area (Å²) in [4.78, 5) is 35.1. The molecule has 3 heterocycles. The number of fused-ring (bicyclic) bond motifs is 3. The van der Waals surface area contributed by atoms with Gasteiger partial charge in [-0.15, -0.1) is 0 Å². The second kappa shape index (κ2) is 13.5. The summed E-state index contributed by atoms with van der Waals surface area (Å²) in [7, 11) is 0. The lowest BCUT2D eigenvalue weighted by atomic mass is 10.1. The number of nitrogens with one attached hydrogen (secondary N) is 3. The number of para-hydroxylation sites is 7. The number of aromatic amines is 3. The first-order valence-corrected chi connectivity index (χ1v) is 15.9. The summed E-state index contributed by atoms with van der Waals surface area (Å²) in [6, 6.07) is 34.8. The van der Waals surface area contributed by atoms with Crippen molar-refractivity contribution in [1.82, 2.24) is 39.7 Å². The topological polar surface area (TPSA) is 105 Å². The van der Waals surface area contributed by atoms with Crippen molar-refractivity contribution in [3.63, 3.8) is 0 Å². The fraction of sp³-hybridized carbons (Fsp3) is 0.243. The van der Waals surface area contributed by atoms with Crippen LogP contribution >= 0.6 is 0 Å². The van der Waals surface area contributed by atoms with Crippen molar-refractivity contribution in [1.29, 1.82) is 0 Å². The summed E-state index contributed by atoms with van der Waals surface area (Å²) >= 11 is 0. The highest BCUT2D eigenvalue weighted by Crippen LogP contribution is 2.19. The van der Waals surface area contributed by atoms with E-state index < -0.39 is 0 Å². The molecule has 4 aromatic carbocycles. The monoisotopic (exact) mass is 609 g/mol. The first kappa shape index (κ1) is 29.6. The van der Waals surface area contributed by atoms with Gasteiger partial charge in [-0.1, -0.05) is 61.5 Å². The third-order valence-corrected chi connectivity index (χ3v) is 8.10. The van der Waals surface area contributed by atoms with Crippen LogP contribution in [0.1, 0.15) is 31.3 Å². The molecule has 9 nitrogen and oxygen atoms in total. The van der Waals surface area contributed by atoms with Gasteiger partial charge < -0.3 is 15.0 Å². The van der Waals surface area contributed by atoms with Crippen molar-refractivity contribution in [3.05, 3.63) is 121 Å². The molecule has 3 aromatic heterocycles. The van der Waals surface area contributed by atoms with E-state index in [4.69, 9.17) is 19.9 Å². The van der Waals surface area contributed by atoms with Gasteiger partial charge in [-0.3, -0.25) is 14.8 Å². The molecular weight excluding hydrogens is 570 g/mol. The number of H-pyrrole nitrogens is 3. The summed E-state index contributed by atoms with van der Waals surface area (Å²) in [6.45, 7) is 8.98. The number of hydrogen-bond donors (Lipinski definition) is 3. The molecule has 0 amide bonds. The van der Waals surface area contributed by atoms with Gasteiger partial charge in [-0.2, -0.15) is 0 Å². The normalized spacial score (nSPS) is 13.1. The van der Waals surface area contributed by atoms with E-state index in [9.17, 15) is 0 Å². The lowest BCUT2D eigenvalue weighted by Crippen LogP contribution is -2.37. The highest BCUT2D eigenvalue weighted by molar-refractivity contribution is 5.86. The van der Waals surface area contributed by atoms with Crippen LogP contribution in [0.3, 0.4) is 0 Å². The molecule has 46 heavy (non-hydrogen) atoms. The summed E-state index contributed by atoms with van der Waals surface area (Å²) < 4.78 is 0. The Balaban J connectivity index is 1.11. The van der Waals surface area contributed by atoms with Crippen molar-refractivity contribution >= 4 is 44.5 Å². The summed E-state index contributed by atoms with van der Waals surface area (Å²) in [6.07, 6.45) is 0. The van der Waals surface area contributed by atoms with Crippen LogP contribution in [0.25, 0.3) is 33.1 Å². The maximum Gasteiger partial charge on any atom is 0.121 e. The summed E-state index contributed by atoms with van der Waals surface area (Å²) in [5.41, 5.74) is 8.17. The quantitative estimate of drug-likeness (QED) is 0.120. The van der Waals surface area contributed by atoms with E-state index in [0.29, 0.717) is 25.6 Å². The smallest absolute Gasteiger partial charge is 0.121 e. The fourth-order valence-corrected chi connectivity index (χ4v) is 6.27. The van der Waals surface area contributed by atoms with Crippen molar-refractivity contribution in [2.24, 2.45) is 10.9 Å². The number of imidazole rings is 3. The van der Waals surface area contributed by atoms with Gasteiger partial charge in [0.25, 0.3) is 0 Å². The van der Waals surface area contributed by atoms with Crippen molar-refractivity contribution in [2.45, 2.75) is 33.5 Å². The molecule has 7 rings (SSSR count). The van der Waals surface area contributed by atoms with Crippen molar-refractivity contribution in [3.8, 4) is 0 Å². The minimum absolute atomic E-state index is 0.336. The molecule has 0 radical (unpaired) electrons. The molecule has 0 spiro atoms. The van der Waals surface area contributed by atoms with Gasteiger partial charge in [0.2, 0.25) is 0 Å². The Kier molecular flexibility index (Phi) is 8.67. The molecule has 232 valence electrons. The maximum absolute atomic E-state index is 4.91. The third kappa shape index (κ3) is 7.22. The molecule has 9 heteroatoms. The van der Waals surface area contributed by atoms with Gasteiger partial charge >= 0.3 is 0 Å². The first-order valence-electron chi connectivity index (χ1n) is 15.9. The lowest BCUT2D eigenvalue weighted by Gasteiger charge is -2.29. The van der Waals surface area contributed by atoms with Crippen LogP contribution in [-0.4, -0.2) is 65.0 Å². The first-order chi connectivity index (χ1) is 22.5. The second-order valence-electron chi connectivity index (χ2n) is 12.2. The molecule has 0 saturated carbocycles. The minimum atomic E-state index is 0.336. The lowest BCUT2D eigenvalue weighted by molar-refractivity contribution is 0.173. The number of benzene rings is 4. The Bertz CT molecular complexity index is 1900. The Labute approximate surface area is 268 Å². The Hall–Kier alpha value is -5.12. The minimum Gasteiger partial charge on any atom is -0.341 e. The summed E-state index contributed by atoms with van der Waals surface area (Å²) in [5, 5.41) is 0. The number of hydrogen-bond acceptors (Lipinski definition) is 6. The average molecular weight is 610 g/mol. The molecule has 1 unspecified atom stereocenters. The molecule has 1 atom stereocenters. The number of aromatic nitrogens is 6. The Morgan fingerprint density at radius 2 is 1.00 bits per heavy atom. The van der Waals surface area contributed by atoms with E-state index in [1.165, 1.54) is 0 Å². The van der Waals surface area contributed by atoms with E-state index in [1.807, 2.05) is 66.7 Å². The molecule has 0 aliphatic rings. The van der Waals surface area contributed by atoms with E-state index in [1.54, 1.807) is 0 Å². The molecule has 3 N–H and O–H groups in total. The van der Waals surface area contributed by atoms with Crippen LogP contribution in [0, 0.1) is 5.92 Å². The Morgan fingerprint density at radius 3 is 1.48 bits per heavy atom. The second-order valence-corrected chi connectivity index (χ2v) is 12.2. The van der Waals surface area contributed by atoms with Gasteiger partial charge in [0.05, 0.1) is 58.4 Å². The van der Waals surface area contributed by atoms with Gasteiger partial charge in [0, 0.05) is 25.3 Å². The van der Waals surface area contributed by atoms with Crippen molar-refractivity contribution in [2.75, 3.05) is 19.6 Å². The fourth-order valence-electron chi connectivity index (χ4n) is 6.27. The van der Waals surface area contributed by atoms with Crippen LogP contribution in [0.5, 0.6) is 0 Å². The van der Waals surface area contributed by atoms with Gasteiger partial charge in [0.15, 0.2) is 0 Å².